The summed E-state index contributed by atoms with van der Waals surface area (Å²) >= 11 is 0. The van der Waals surface area contributed by atoms with Gasteiger partial charge in [-0.05, 0) is 48.3 Å². The summed E-state index contributed by atoms with van der Waals surface area (Å²) in [6.07, 6.45) is 5.36. The van der Waals surface area contributed by atoms with Gasteiger partial charge in [0.2, 0.25) is 0 Å². The van der Waals surface area contributed by atoms with Crippen LogP contribution in [0, 0.1) is 35.0 Å². The molecule has 3 aliphatic carbocycles. The molecule has 0 N–H and O–H groups in total. The Morgan fingerprint density at radius 2 is 1.72 bits per heavy atom. The van der Waals surface area contributed by atoms with E-state index in [0.717, 1.165) is 43.3 Å². The molecule has 2 heteroatoms. The maximum absolute atomic E-state index is 6.09. The minimum atomic E-state index is -0.160. The molecule has 0 bridgehead atoms. The zero-order valence-electron chi connectivity index (χ0n) is 11.9. The normalized spacial score (nSPS) is 52.7. The van der Waals surface area contributed by atoms with Crippen molar-refractivity contribution in [2.45, 2.75) is 52.2 Å². The maximum Gasteiger partial charge on any atom is 0.171 e. The highest BCUT2D eigenvalue weighted by Crippen LogP contribution is 2.75. The lowest BCUT2D eigenvalue weighted by molar-refractivity contribution is -0.255. The first kappa shape index (κ1) is 11.7. The summed E-state index contributed by atoms with van der Waals surface area (Å²) in [4.78, 5) is 0. The number of fused-ring (bicyclic) bond motifs is 5. The van der Waals surface area contributed by atoms with E-state index < -0.39 is 0 Å². The topological polar surface area (TPSA) is 18.5 Å². The molecule has 1 spiro atoms. The Labute approximate surface area is 110 Å². The van der Waals surface area contributed by atoms with Crippen molar-refractivity contribution in [3.8, 4) is 0 Å². The van der Waals surface area contributed by atoms with Gasteiger partial charge < -0.3 is 9.47 Å². The molecular formula is C16H26O2. The van der Waals surface area contributed by atoms with Gasteiger partial charge in [0.15, 0.2) is 5.79 Å². The molecule has 18 heavy (non-hydrogen) atoms. The molecule has 1 aliphatic heterocycles. The van der Waals surface area contributed by atoms with E-state index in [1.54, 1.807) is 0 Å². The molecule has 2 nitrogen and oxygen atoms in total. The highest BCUT2D eigenvalue weighted by molar-refractivity contribution is 5.18. The summed E-state index contributed by atoms with van der Waals surface area (Å²) in [5.41, 5.74) is 0.610. The number of ether oxygens (including phenoxy) is 2. The third-order valence-corrected chi connectivity index (χ3v) is 6.85. The standard InChI is InChI=1S/C16H26O2/c1-10(2)11-4-6-15(3)12-5-7-16(14(12)13(11)15)17-8-9-18-16/h10-14H,4-9H2,1-3H3/t11-,12+,13+,14-,15-/m0/s1. The van der Waals surface area contributed by atoms with Crippen molar-refractivity contribution < 1.29 is 9.47 Å². The Hall–Kier alpha value is -0.0800. The Kier molecular flexibility index (Phi) is 2.29. The minimum Gasteiger partial charge on any atom is -0.347 e. The maximum atomic E-state index is 6.09. The van der Waals surface area contributed by atoms with Gasteiger partial charge >= 0.3 is 0 Å². The van der Waals surface area contributed by atoms with Gasteiger partial charge in [0.25, 0.3) is 0 Å². The van der Waals surface area contributed by atoms with Crippen LogP contribution >= 0.6 is 0 Å². The van der Waals surface area contributed by atoms with Crippen molar-refractivity contribution in [3.05, 3.63) is 0 Å². The Balaban J connectivity index is 1.68. The summed E-state index contributed by atoms with van der Waals surface area (Å²) in [7, 11) is 0. The van der Waals surface area contributed by atoms with Crippen LogP contribution in [0.25, 0.3) is 0 Å². The first-order valence-corrected chi connectivity index (χ1v) is 7.86. The van der Waals surface area contributed by atoms with Crippen molar-refractivity contribution in [1.29, 1.82) is 0 Å². The van der Waals surface area contributed by atoms with Gasteiger partial charge in [-0.2, -0.15) is 0 Å². The predicted octanol–water partition coefficient (Wildman–Crippen LogP) is 3.46. The molecule has 1 saturated heterocycles. The average Bonchev–Trinajstić information content (AvgIpc) is 2.97. The second kappa shape index (κ2) is 3.52. The second-order valence-corrected chi connectivity index (χ2v) is 7.66. The number of hydrogen-bond donors (Lipinski definition) is 0. The first-order chi connectivity index (χ1) is 8.58. The third-order valence-electron chi connectivity index (χ3n) is 6.85. The van der Waals surface area contributed by atoms with E-state index in [0.29, 0.717) is 11.3 Å². The largest absolute Gasteiger partial charge is 0.347 e. The monoisotopic (exact) mass is 250 g/mol. The molecule has 0 aromatic rings. The van der Waals surface area contributed by atoms with Crippen molar-refractivity contribution in [2.75, 3.05) is 13.2 Å². The molecule has 0 aromatic heterocycles. The third kappa shape index (κ3) is 1.17. The van der Waals surface area contributed by atoms with Crippen LogP contribution in [0.5, 0.6) is 0 Å². The van der Waals surface area contributed by atoms with E-state index in [2.05, 4.69) is 20.8 Å². The van der Waals surface area contributed by atoms with Gasteiger partial charge in [-0.15, -0.1) is 0 Å². The fraction of sp³-hybridized carbons (Fsp3) is 1.00. The van der Waals surface area contributed by atoms with E-state index in [9.17, 15) is 0 Å². The summed E-state index contributed by atoms with van der Waals surface area (Å²) in [6, 6.07) is 0. The van der Waals surface area contributed by atoms with Gasteiger partial charge in [0.1, 0.15) is 0 Å². The fourth-order valence-corrected chi connectivity index (χ4v) is 6.13. The molecule has 3 saturated carbocycles. The average molecular weight is 250 g/mol. The Morgan fingerprint density at radius 1 is 1.00 bits per heavy atom. The molecule has 102 valence electrons. The van der Waals surface area contributed by atoms with E-state index >= 15 is 0 Å². The van der Waals surface area contributed by atoms with Crippen LogP contribution in [-0.4, -0.2) is 19.0 Å². The number of rotatable bonds is 1. The molecule has 0 aromatic carbocycles. The smallest absolute Gasteiger partial charge is 0.171 e. The molecule has 4 rings (SSSR count). The van der Waals surface area contributed by atoms with Crippen LogP contribution in [0.1, 0.15) is 46.5 Å². The van der Waals surface area contributed by atoms with Crippen LogP contribution in [0.2, 0.25) is 0 Å². The van der Waals surface area contributed by atoms with Crippen LogP contribution < -0.4 is 0 Å². The fourth-order valence-electron chi connectivity index (χ4n) is 6.13. The zero-order valence-corrected chi connectivity index (χ0v) is 11.9. The van der Waals surface area contributed by atoms with Crippen LogP contribution in [0.3, 0.4) is 0 Å². The highest BCUT2D eigenvalue weighted by Gasteiger charge is 2.73. The van der Waals surface area contributed by atoms with Crippen molar-refractivity contribution >= 4 is 0 Å². The van der Waals surface area contributed by atoms with Gasteiger partial charge in [-0.25, -0.2) is 0 Å². The lowest BCUT2D eigenvalue weighted by Gasteiger charge is -2.59. The lowest BCUT2D eigenvalue weighted by Crippen LogP contribution is -2.59. The molecule has 0 unspecified atom stereocenters. The van der Waals surface area contributed by atoms with Gasteiger partial charge in [-0.1, -0.05) is 20.8 Å². The first-order valence-electron chi connectivity index (χ1n) is 7.86. The highest BCUT2D eigenvalue weighted by atomic mass is 16.7. The SMILES string of the molecule is CC(C)[C@@H]1CC[C@]2(C)[C@H]1[C@@H]1[C@H]2CCC12OCCO2. The summed E-state index contributed by atoms with van der Waals surface area (Å²) in [5.74, 6) is 4.01. The van der Waals surface area contributed by atoms with Gasteiger partial charge in [0, 0.05) is 12.3 Å². The quantitative estimate of drug-likeness (QED) is 0.709. The number of hydrogen-bond acceptors (Lipinski definition) is 2. The molecule has 4 aliphatic rings. The van der Waals surface area contributed by atoms with Crippen LogP contribution in [0.4, 0.5) is 0 Å². The van der Waals surface area contributed by atoms with E-state index in [-0.39, 0.29) is 5.79 Å². The van der Waals surface area contributed by atoms with Crippen LogP contribution in [0.15, 0.2) is 0 Å². The second-order valence-electron chi connectivity index (χ2n) is 7.66. The summed E-state index contributed by atoms with van der Waals surface area (Å²) < 4.78 is 12.2. The summed E-state index contributed by atoms with van der Waals surface area (Å²) in [6.45, 7) is 9.00. The van der Waals surface area contributed by atoms with E-state index in [1.807, 2.05) is 0 Å². The molecule has 0 radical (unpaired) electrons. The minimum absolute atomic E-state index is 0.160. The van der Waals surface area contributed by atoms with E-state index in [4.69, 9.17) is 9.47 Å². The Morgan fingerprint density at radius 3 is 2.39 bits per heavy atom. The van der Waals surface area contributed by atoms with Crippen molar-refractivity contribution in [1.82, 2.24) is 0 Å². The predicted molar refractivity (Wildman–Crippen MR) is 70.0 cm³/mol. The van der Waals surface area contributed by atoms with Crippen molar-refractivity contribution in [3.63, 3.8) is 0 Å². The van der Waals surface area contributed by atoms with E-state index in [1.165, 1.54) is 19.3 Å². The molecule has 4 fully saturated rings. The molecular weight excluding hydrogens is 224 g/mol. The van der Waals surface area contributed by atoms with Crippen LogP contribution in [-0.2, 0) is 9.47 Å². The summed E-state index contributed by atoms with van der Waals surface area (Å²) in [5, 5.41) is 0. The van der Waals surface area contributed by atoms with Gasteiger partial charge in [0.05, 0.1) is 13.2 Å². The van der Waals surface area contributed by atoms with Crippen molar-refractivity contribution in [2.24, 2.45) is 35.0 Å². The van der Waals surface area contributed by atoms with Gasteiger partial charge in [-0.3, -0.25) is 0 Å². The molecule has 1 heterocycles. The molecule has 0 amide bonds. The molecule has 5 atom stereocenters. The Bertz CT molecular complexity index is 358. The lowest BCUT2D eigenvalue weighted by atomic mass is 9.47. The zero-order chi connectivity index (χ0) is 12.5.